The van der Waals surface area contributed by atoms with Crippen LogP contribution in [0.5, 0.6) is 0 Å². The number of carbonyl (C=O) groups is 1. The van der Waals surface area contributed by atoms with Crippen LogP contribution in [0.25, 0.3) is 0 Å². The summed E-state index contributed by atoms with van der Waals surface area (Å²) in [4.78, 5) is 12.6. The second kappa shape index (κ2) is 8.66. The summed E-state index contributed by atoms with van der Waals surface area (Å²) < 4.78 is 65.7. The first kappa shape index (κ1) is 25.5. The summed E-state index contributed by atoms with van der Waals surface area (Å²) in [5, 5.41) is 0. The third kappa shape index (κ3) is 8.08. The predicted molar refractivity (Wildman–Crippen MR) is 114 cm³/mol. The smallest absolute Gasteiger partial charge is 1.00 e. The first-order chi connectivity index (χ1) is 14.6. The van der Waals surface area contributed by atoms with Crippen molar-refractivity contribution in [2.75, 3.05) is 0 Å². The van der Waals surface area contributed by atoms with Crippen molar-refractivity contribution < 1.29 is 27.8 Å². The minimum atomic E-state index is -11.2. The summed E-state index contributed by atoms with van der Waals surface area (Å²) >= 11 is -11.2. The number of esters is 1. The Kier molecular flexibility index (Phi) is 6.91. The molecule has 0 spiro atoms. The molecule has 3 aromatic carbocycles. The molecule has 0 amide bonds. The van der Waals surface area contributed by atoms with Gasteiger partial charge in [-0.1, -0.05) is 97.6 Å². The van der Waals surface area contributed by atoms with Crippen molar-refractivity contribution in [1.29, 1.82) is 0 Å². The van der Waals surface area contributed by atoms with Crippen LogP contribution in [-0.2, 0) is 15.1 Å². The number of hydrogen-bond donors (Lipinski definition) is 0. The van der Waals surface area contributed by atoms with Crippen LogP contribution in [0.15, 0.2) is 103 Å². The van der Waals surface area contributed by atoms with Crippen molar-refractivity contribution >= 4 is 25.4 Å². The second-order valence-corrected chi connectivity index (χ2v) is 12.4. The molecule has 0 aliphatic rings. The van der Waals surface area contributed by atoms with Gasteiger partial charge in [0, 0.05) is 22.3 Å². The molecule has 0 bridgehead atoms. The molecule has 0 N–H and O–H groups in total. The molecule has 9 heteroatoms. The van der Waals surface area contributed by atoms with Gasteiger partial charge in [0.05, 0.1) is 0 Å². The summed E-state index contributed by atoms with van der Waals surface area (Å²) in [5.74, 6) is -0.420. The fourth-order valence-corrected chi connectivity index (χ4v) is 2.92. The minimum absolute atomic E-state index is 0. The molecule has 0 atom stereocenters. The minimum Gasteiger partial charge on any atom is 1.00 e. The fourth-order valence-electron chi connectivity index (χ4n) is 2.92. The molecular formula is C23H21F6O2Sb. The van der Waals surface area contributed by atoms with E-state index in [9.17, 15) is 21.7 Å². The summed E-state index contributed by atoms with van der Waals surface area (Å²) in [6.07, 6.45) is 0. The van der Waals surface area contributed by atoms with E-state index in [1.54, 1.807) is 6.92 Å². The molecule has 0 fully saturated rings. The first-order valence-electron chi connectivity index (χ1n) is 9.21. The normalized spacial score (nSPS) is 13.6. The predicted octanol–water partition coefficient (Wildman–Crippen LogP) is 7.35. The molecule has 0 radical (unpaired) electrons. The summed E-state index contributed by atoms with van der Waals surface area (Å²) in [6.45, 7) is 5.41. The number of hydrogen-bond acceptors (Lipinski definition) is 2. The van der Waals surface area contributed by atoms with Gasteiger partial charge >= 0.3 is 43.7 Å². The maximum absolute atomic E-state index is 12.6. The van der Waals surface area contributed by atoms with Gasteiger partial charge in [-0.05, 0) is 6.92 Å². The molecule has 0 aliphatic heterocycles. The molecule has 0 heterocycles. The van der Waals surface area contributed by atoms with Gasteiger partial charge in [-0.3, -0.25) is 0 Å². The quantitative estimate of drug-likeness (QED) is 0.106. The van der Waals surface area contributed by atoms with Gasteiger partial charge < -0.3 is 4.74 Å². The molecule has 0 unspecified atom stereocenters. The van der Waals surface area contributed by atoms with E-state index in [1.807, 2.05) is 91.0 Å². The number of halogens is 6. The van der Waals surface area contributed by atoms with Gasteiger partial charge in [-0.15, -0.1) is 0 Å². The van der Waals surface area contributed by atoms with Gasteiger partial charge in [-0.2, -0.15) is 0 Å². The number of carbonyl (C=O) groups excluding carboxylic acids is 1. The Morgan fingerprint density at radius 1 is 0.719 bits per heavy atom. The Labute approximate surface area is 185 Å². The van der Waals surface area contributed by atoms with Crippen molar-refractivity contribution in [3.8, 4) is 0 Å². The average molecular weight is 565 g/mol. The number of ether oxygens (including phenoxy) is 1. The van der Waals surface area contributed by atoms with Gasteiger partial charge in [0.2, 0.25) is 0 Å². The van der Waals surface area contributed by atoms with Gasteiger partial charge in [0.25, 0.3) is 0 Å². The van der Waals surface area contributed by atoms with Crippen LogP contribution in [0.1, 0.15) is 25.0 Å². The maximum Gasteiger partial charge on any atom is 1.00 e. The molecule has 3 aromatic rings. The van der Waals surface area contributed by atoms with E-state index in [2.05, 4.69) is 6.58 Å². The van der Waals surface area contributed by atoms with Crippen LogP contribution < -0.4 is 0 Å². The van der Waals surface area contributed by atoms with Gasteiger partial charge in [0.1, 0.15) is 0 Å². The van der Waals surface area contributed by atoms with Crippen LogP contribution in [0, 0.1) is 0 Å². The summed E-state index contributed by atoms with van der Waals surface area (Å²) in [5.41, 5.74) is 2.01. The standard InChI is InChI=1S/C23H20O2.6FH.Sb/c1-18(2)22(24)25-23(19-12-6-3-7-13-19,20-14-8-4-9-15-20)21-16-10-5-11-17-21;;;;;;;/h3-17H,1H2,2H3;6*1H;/q;;;;;;;+5/p-5. The van der Waals surface area contributed by atoms with Crippen molar-refractivity contribution in [2.45, 2.75) is 12.5 Å². The Balaban J connectivity index is 0.000000595. The zero-order valence-corrected chi connectivity index (χ0v) is 19.5. The Bertz CT molecular complexity index is 966. The van der Waals surface area contributed by atoms with Crippen LogP contribution in [0.3, 0.4) is 0 Å². The molecule has 0 saturated heterocycles. The number of benzene rings is 3. The third-order valence-electron chi connectivity index (χ3n) is 4.14. The Morgan fingerprint density at radius 2 is 0.969 bits per heavy atom. The van der Waals surface area contributed by atoms with Gasteiger partial charge in [0.15, 0.2) is 5.60 Å². The summed E-state index contributed by atoms with van der Waals surface area (Å²) in [7, 11) is 0. The molecule has 0 saturated carbocycles. The Morgan fingerprint density at radius 3 is 1.19 bits per heavy atom. The SMILES string of the molecule is C=C(C)C(=O)OC(c1ccccc1)(c1ccccc1)c1ccccc1.[F][Sb-]([F])([F])([F])([F])[F].[H+]. The second-order valence-electron chi connectivity index (χ2n) is 6.91. The van der Waals surface area contributed by atoms with Crippen LogP contribution >= 0.6 is 0 Å². The molecule has 32 heavy (non-hydrogen) atoms. The zero-order chi connectivity index (χ0) is 24.1. The van der Waals surface area contributed by atoms with Gasteiger partial charge in [-0.25, -0.2) is 4.79 Å². The molecule has 172 valence electrons. The van der Waals surface area contributed by atoms with E-state index >= 15 is 0 Å². The monoisotopic (exact) mass is 564 g/mol. The van der Waals surface area contributed by atoms with Crippen molar-refractivity contribution in [1.82, 2.24) is 0 Å². The van der Waals surface area contributed by atoms with Crippen LogP contribution in [0.2, 0.25) is 0 Å². The maximum atomic E-state index is 12.6. The molecular weight excluding hydrogens is 544 g/mol. The van der Waals surface area contributed by atoms with Crippen molar-refractivity contribution in [3.05, 3.63) is 120 Å². The van der Waals surface area contributed by atoms with Crippen molar-refractivity contribution in [3.63, 3.8) is 0 Å². The first-order valence-corrected chi connectivity index (χ1v) is 15.0. The largest absolute Gasteiger partial charge is 1.00 e. The molecule has 3 rings (SSSR count). The number of rotatable bonds is 5. The van der Waals surface area contributed by atoms with E-state index < -0.39 is 31.0 Å². The van der Waals surface area contributed by atoms with Crippen molar-refractivity contribution in [2.24, 2.45) is 0 Å². The van der Waals surface area contributed by atoms with E-state index in [1.165, 1.54) is 0 Å². The van der Waals surface area contributed by atoms with E-state index in [0.29, 0.717) is 5.57 Å². The third-order valence-corrected chi connectivity index (χ3v) is 4.14. The van der Waals surface area contributed by atoms with E-state index in [4.69, 9.17) is 4.74 Å². The van der Waals surface area contributed by atoms with Crippen LogP contribution in [-0.4, -0.2) is 25.4 Å². The Hall–Kier alpha value is -2.73. The fraction of sp³-hybridized carbons (Fsp3) is 0.0870. The zero-order valence-electron chi connectivity index (χ0n) is 17.9. The average Bonchev–Trinajstić information content (AvgIpc) is 2.71. The van der Waals surface area contributed by atoms with Crippen LogP contribution in [0.4, 0.5) is 16.9 Å². The molecule has 0 aliphatic carbocycles. The summed E-state index contributed by atoms with van der Waals surface area (Å²) in [6, 6.07) is 29.4. The molecule has 2 nitrogen and oxygen atoms in total. The van der Waals surface area contributed by atoms with E-state index in [-0.39, 0.29) is 1.43 Å². The molecule has 0 aromatic heterocycles. The topological polar surface area (TPSA) is 26.3 Å². The van der Waals surface area contributed by atoms with E-state index in [0.717, 1.165) is 16.7 Å².